The molecule has 5 heteroatoms. The molecule has 0 bridgehead atoms. The maximum Gasteiger partial charge on any atom is 0.237 e. The molecule has 2 heterocycles. The Labute approximate surface area is 121 Å². The summed E-state index contributed by atoms with van der Waals surface area (Å²) < 4.78 is 1.99. The van der Waals surface area contributed by atoms with E-state index in [4.69, 9.17) is 0 Å². The van der Waals surface area contributed by atoms with Gasteiger partial charge in [0.05, 0.1) is 6.04 Å². The standard InChI is InChI=1S/C15H26N4O/c1-13(19-10-5-3-4-6-11-19)15(20)17-8-7-14-16-9-12-18(14)2/h9,12-13H,3-8,10-11H2,1-2H3,(H,17,20). The third kappa shape index (κ3) is 4.07. The summed E-state index contributed by atoms with van der Waals surface area (Å²) in [5.41, 5.74) is 0. The SMILES string of the molecule is CC(C(=O)NCCc1nccn1C)N1CCCCCC1. The highest BCUT2D eigenvalue weighted by atomic mass is 16.2. The fourth-order valence-corrected chi connectivity index (χ4v) is 2.73. The zero-order valence-corrected chi connectivity index (χ0v) is 12.6. The minimum Gasteiger partial charge on any atom is -0.354 e. The first-order valence-corrected chi connectivity index (χ1v) is 7.66. The molecule has 20 heavy (non-hydrogen) atoms. The molecule has 1 aliphatic rings. The number of amides is 1. The van der Waals surface area contributed by atoms with Gasteiger partial charge < -0.3 is 9.88 Å². The Bertz CT molecular complexity index is 421. The van der Waals surface area contributed by atoms with Crippen LogP contribution in [0.1, 0.15) is 38.4 Å². The third-order valence-corrected chi connectivity index (χ3v) is 4.14. The van der Waals surface area contributed by atoms with Crippen molar-refractivity contribution in [2.75, 3.05) is 19.6 Å². The predicted octanol–water partition coefficient (Wildman–Crippen LogP) is 1.34. The van der Waals surface area contributed by atoms with Crippen LogP contribution in [0.25, 0.3) is 0 Å². The Morgan fingerprint density at radius 1 is 1.35 bits per heavy atom. The number of likely N-dealkylation sites (tertiary alicyclic amines) is 1. The molecule has 1 aromatic rings. The first kappa shape index (κ1) is 15.0. The highest BCUT2D eigenvalue weighted by Crippen LogP contribution is 2.12. The van der Waals surface area contributed by atoms with Crippen molar-refractivity contribution >= 4 is 5.91 Å². The quantitative estimate of drug-likeness (QED) is 0.884. The van der Waals surface area contributed by atoms with Crippen LogP contribution in [0, 0.1) is 0 Å². The monoisotopic (exact) mass is 278 g/mol. The number of nitrogens with one attached hydrogen (secondary N) is 1. The fraction of sp³-hybridized carbons (Fsp3) is 0.733. The highest BCUT2D eigenvalue weighted by molar-refractivity contribution is 5.81. The summed E-state index contributed by atoms with van der Waals surface area (Å²) in [6.07, 6.45) is 9.51. The van der Waals surface area contributed by atoms with Crippen molar-refractivity contribution in [1.29, 1.82) is 0 Å². The smallest absolute Gasteiger partial charge is 0.237 e. The van der Waals surface area contributed by atoms with Crippen LogP contribution in [0.3, 0.4) is 0 Å². The van der Waals surface area contributed by atoms with Gasteiger partial charge in [-0.2, -0.15) is 0 Å². The molecule has 0 saturated carbocycles. The molecule has 1 saturated heterocycles. The van der Waals surface area contributed by atoms with E-state index < -0.39 is 0 Å². The van der Waals surface area contributed by atoms with Gasteiger partial charge in [-0.1, -0.05) is 12.8 Å². The van der Waals surface area contributed by atoms with E-state index in [1.54, 1.807) is 6.20 Å². The molecule has 1 aliphatic heterocycles. The lowest BCUT2D eigenvalue weighted by Crippen LogP contribution is -2.46. The number of hydrogen-bond acceptors (Lipinski definition) is 3. The Hall–Kier alpha value is -1.36. The Kier molecular flexibility index (Phi) is 5.59. The first-order chi connectivity index (χ1) is 9.68. The van der Waals surface area contributed by atoms with Gasteiger partial charge in [-0.15, -0.1) is 0 Å². The van der Waals surface area contributed by atoms with Gasteiger partial charge in [0.2, 0.25) is 5.91 Å². The molecule has 2 rings (SSSR count). The summed E-state index contributed by atoms with van der Waals surface area (Å²) in [5.74, 6) is 1.15. The van der Waals surface area contributed by atoms with Crippen LogP contribution in [0.2, 0.25) is 0 Å². The van der Waals surface area contributed by atoms with Gasteiger partial charge in [0.15, 0.2) is 0 Å². The molecule has 5 nitrogen and oxygen atoms in total. The molecule has 0 spiro atoms. The summed E-state index contributed by atoms with van der Waals surface area (Å²) in [4.78, 5) is 18.8. The van der Waals surface area contributed by atoms with Crippen LogP contribution in [0.5, 0.6) is 0 Å². The van der Waals surface area contributed by atoms with Gasteiger partial charge >= 0.3 is 0 Å². The van der Waals surface area contributed by atoms with Crippen molar-refractivity contribution in [3.8, 4) is 0 Å². The number of hydrogen-bond donors (Lipinski definition) is 1. The average molecular weight is 278 g/mol. The summed E-state index contributed by atoms with van der Waals surface area (Å²) in [5, 5.41) is 3.03. The van der Waals surface area contributed by atoms with E-state index in [2.05, 4.69) is 15.2 Å². The molecule has 112 valence electrons. The second-order valence-corrected chi connectivity index (χ2v) is 5.62. The molecular weight excluding hydrogens is 252 g/mol. The summed E-state index contributed by atoms with van der Waals surface area (Å²) >= 11 is 0. The molecule has 0 radical (unpaired) electrons. The molecule has 1 unspecified atom stereocenters. The van der Waals surface area contributed by atoms with Crippen molar-refractivity contribution in [3.63, 3.8) is 0 Å². The number of aromatic nitrogens is 2. The molecule has 1 aromatic heterocycles. The first-order valence-electron chi connectivity index (χ1n) is 7.66. The van der Waals surface area contributed by atoms with Crippen LogP contribution >= 0.6 is 0 Å². The molecular formula is C15H26N4O. The molecule has 0 aromatic carbocycles. The van der Waals surface area contributed by atoms with E-state index in [1.165, 1.54) is 25.7 Å². The Morgan fingerprint density at radius 3 is 2.65 bits per heavy atom. The fourth-order valence-electron chi connectivity index (χ4n) is 2.73. The highest BCUT2D eigenvalue weighted by Gasteiger charge is 2.21. The number of rotatable bonds is 5. The van der Waals surface area contributed by atoms with Crippen molar-refractivity contribution < 1.29 is 4.79 Å². The summed E-state index contributed by atoms with van der Waals surface area (Å²) in [7, 11) is 1.98. The number of carbonyl (C=O) groups is 1. The normalized spacial score (nSPS) is 18.5. The number of aryl methyl sites for hydroxylation is 1. The van der Waals surface area contributed by atoms with E-state index in [0.717, 1.165) is 25.3 Å². The number of imidazole rings is 1. The second-order valence-electron chi connectivity index (χ2n) is 5.62. The molecule has 1 N–H and O–H groups in total. The van der Waals surface area contributed by atoms with Crippen LogP contribution < -0.4 is 5.32 Å². The van der Waals surface area contributed by atoms with E-state index >= 15 is 0 Å². The number of carbonyl (C=O) groups excluding carboxylic acids is 1. The van der Waals surface area contributed by atoms with Crippen molar-refractivity contribution in [1.82, 2.24) is 19.8 Å². The van der Waals surface area contributed by atoms with Crippen LogP contribution in [0.4, 0.5) is 0 Å². The van der Waals surface area contributed by atoms with Crippen LogP contribution in [-0.2, 0) is 18.3 Å². The summed E-state index contributed by atoms with van der Waals surface area (Å²) in [6.45, 7) is 4.77. The maximum absolute atomic E-state index is 12.2. The van der Waals surface area contributed by atoms with Crippen LogP contribution in [-0.4, -0.2) is 46.0 Å². The maximum atomic E-state index is 12.2. The molecule has 0 aliphatic carbocycles. The summed E-state index contributed by atoms with van der Waals surface area (Å²) in [6, 6.07) is -0.0190. The minimum atomic E-state index is -0.0190. The second kappa shape index (κ2) is 7.43. The lowest BCUT2D eigenvalue weighted by atomic mass is 10.2. The van der Waals surface area contributed by atoms with Crippen molar-refractivity contribution in [3.05, 3.63) is 18.2 Å². The lowest BCUT2D eigenvalue weighted by molar-refractivity contribution is -0.125. The molecule has 1 atom stereocenters. The number of nitrogens with zero attached hydrogens (tertiary/aromatic N) is 3. The van der Waals surface area contributed by atoms with E-state index in [1.807, 2.05) is 24.7 Å². The van der Waals surface area contributed by atoms with Crippen molar-refractivity contribution in [2.45, 2.75) is 45.1 Å². The van der Waals surface area contributed by atoms with Crippen molar-refractivity contribution in [2.24, 2.45) is 7.05 Å². The Morgan fingerprint density at radius 2 is 2.05 bits per heavy atom. The largest absolute Gasteiger partial charge is 0.354 e. The minimum absolute atomic E-state index is 0.0190. The molecule has 1 fully saturated rings. The van der Waals surface area contributed by atoms with E-state index in [-0.39, 0.29) is 11.9 Å². The third-order valence-electron chi connectivity index (χ3n) is 4.14. The van der Waals surface area contributed by atoms with Gasteiger partial charge in [-0.05, 0) is 32.9 Å². The topological polar surface area (TPSA) is 50.2 Å². The average Bonchev–Trinajstić information content (AvgIpc) is 2.70. The van der Waals surface area contributed by atoms with Gasteiger partial charge in [0, 0.05) is 32.4 Å². The van der Waals surface area contributed by atoms with Gasteiger partial charge in [0.25, 0.3) is 0 Å². The Balaban J connectivity index is 1.74. The zero-order chi connectivity index (χ0) is 14.4. The predicted molar refractivity (Wildman–Crippen MR) is 79.4 cm³/mol. The molecule has 1 amide bonds. The van der Waals surface area contributed by atoms with E-state index in [0.29, 0.717) is 6.54 Å². The van der Waals surface area contributed by atoms with Gasteiger partial charge in [-0.3, -0.25) is 9.69 Å². The van der Waals surface area contributed by atoms with E-state index in [9.17, 15) is 4.79 Å². The van der Waals surface area contributed by atoms with Gasteiger partial charge in [0.1, 0.15) is 5.82 Å². The van der Waals surface area contributed by atoms with Gasteiger partial charge in [-0.25, -0.2) is 4.98 Å². The zero-order valence-electron chi connectivity index (χ0n) is 12.6. The van der Waals surface area contributed by atoms with Crippen LogP contribution in [0.15, 0.2) is 12.4 Å². The lowest BCUT2D eigenvalue weighted by Gasteiger charge is -2.26.